The molecule has 0 unspecified atom stereocenters. The zero-order chi connectivity index (χ0) is 9.97. The summed E-state index contributed by atoms with van der Waals surface area (Å²) in [6.45, 7) is 6.78. The molecule has 0 nitrogen and oxygen atoms in total. The first-order valence-electron chi connectivity index (χ1n) is 6.46. The molecule has 0 bridgehead atoms. The minimum absolute atomic E-state index is 0.884. The van der Waals surface area contributed by atoms with Gasteiger partial charge in [-0.15, -0.1) is 0 Å². The highest BCUT2D eigenvalue weighted by Crippen LogP contribution is 2.40. The molecule has 0 radical (unpaired) electrons. The summed E-state index contributed by atoms with van der Waals surface area (Å²) in [4.78, 5) is 0. The number of hydrogen-bond acceptors (Lipinski definition) is 0. The predicted octanol–water partition coefficient (Wildman–Crippen LogP) is 4.56. The Morgan fingerprint density at radius 1 is 0.857 bits per heavy atom. The second-order valence-corrected chi connectivity index (χ2v) is 5.51. The van der Waals surface area contributed by atoms with Crippen molar-refractivity contribution in [2.24, 2.45) is 17.8 Å². The van der Waals surface area contributed by atoms with Crippen LogP contribution in [0.3, 0.4) is 0 Å². The summed E-state index contributed by atoms with van der Waals surface area (Å²) in [6.07, 6.45) is 11.5. The Hall–Kier alpha value is -0.260. The van der Waals surface area contributed by atoms with Gasteiger partial charge in [-0.25, -0.2) is 0 Å². The van der Waals surface area contributed by atoms with Crippen LogP contribution in [0, 0.1) is 17.8 Å². The maximum Gasteiger partial charge on any atom is -0.0203 e. The molecule has 14 heavy (non-hydrogen) atoms. The Balaban J connectivity index is 1.85. The van der Waals surface area contributed by atoms with E-state index in [1.165, 1.54) is 51.4 Å². The molecule has 0 saturated heterocycles. The van der Waals surface area contributed by atoms with Crippen LogP contribution in [0.5, 0.6) is 0 Å². The van der Waals surface area contributed by atoms with Crippen LogP contribution in [0.25, 0.3) is 0 Å². The molecule has 2 fully saturated rings. The van der Waals surface area contributed by atoms with Gasteiger partial charge in [-0.05, 0) is 43.4 Å². The monoisotopic (exact) mass is 192 g/mol. The van der Waals surface area contributed by atoms with Crippen LogP contribution in [0.4, 0.5) is 0 Å². The van der Waals surface area contributed by atoms with Gasteiger partial charge in [0.2, 0.25) is 0 Å². The van der Waals surface area contributed by atoms with Gasteiger partial charge in [0.25, 0.3) is 0 Å². The third-order valence-electron chi connectivity index (χ3n) is 4.42. The first-order valence-corrected chi connectivity index (χ1v) is 6.46. The fraction of sp³-hybridized carbons (Fsp3) is 0.857. The molecule has 80 valence electrons. The van der Waals surface area contributed by atoms with Crippen LogP contribution in [0.2, 0.25) is 0 Å². The van der Waals surface area contributed by atoms with Crippen LogP contribution in [0.1, 0.15) is 58.3 Å². The Bertz CT molecular complexity index is 190. The minimum Gasteiger partial charge on any atom is -0.0993 e. The van der Waals surface area contributed by atoms with Gasteiger partial charge in [-0.2, -0.15) is 0 Å². The molecule has 0 aromatic rings. The third kappa shape index (κ3) is 2.21. The molecular weight excluding hydrogens is 168 g/mol. The van der Waals surface area contributed by atoms with E-state index >= 15 is 0 Å². The van der Waals surface area contributed by atoms with Gasteiger partial charge in [0.05, 0.1) is 0 Å². The first-order chi connectivity index (χ1) is 6.77. The van der Waals surface area contributed by atoms with Crippen LogP contribution in [-0.2, 0) is 0 Å². The molecule has 2 saturated carbocycles. The van der Waals surface area contributed by atoms with Crippen molar-refractivity contribution < 1.29 is 0 Å². The van der Waals surface area contributed by atoms with Gasteiger partial charge in [0, 0.05) is 0 Å². The smallest absolute Gasteiger partial charge is 0.0203 e. The van der Waals surface area contributed by atoms with Gasteiger partial charge in [0.15, 0.2) is 0 Å². The molecule has 0 heteroatoms. The zero-order valence-electron chi connectivity index (χ0n) is 9.60. The second-order valence-electron chi connectivity index (χ2n) is 5.51. The van der Waals surface area contributed by atoms with Crippen molar-refractivity contribution in [3.63, 3.8) is 0 Å². The van der Waals surface area contributed by atoms with Crippen molar-refractivity contribution >= 4 is 0 Å². The summed E-state index contributed by atoms with van der Waals surface area (Å²) in [5.74, 6) is 2.75. The van der Waals surface area contributed by atoms with Crippen molar-refractivity contribution in [2.75, 3.05) is 0 Å². The number of rotatable bonds is 2. The fourth-order valence-electron chi connectivity index (χ4n) is 3.26. The standard InChI is InChI=1S/C14H24/c1-11-7-9-14(10-8-11)12(2)13-5-3-4-6-13/h11,13-14H,2-10H2,1H3. The molecule has 0 amide bonds. The normalized spacial score (nSPS) is 34.6. The lowest BCUT2D eigenvalue weighted by Crippen LogP contribution is -2.17. The van der Waals surface area contributed by atoms with Crippen LogP contribution >= 0.6 is 0 Å². The molecule has 0 heterocycles. The van der Waals surface area contributed by atoms with E-state index in [2.05, 4.69) is 13.5 Å². The van der Waals surface area contributed by atoms with Gasteiger partial charge >= 0.3 is 0 Å². The molecule has 0 aromatic carbocycles. The van der Waals surface area contributed by atoms with E-state index in [0.717, 1.165) is 17.8 Å². The van der Waals surface area contributed by atoms with Gasteiger partial charge < -0.3 is 0 Å². The lowest BCUT2D eigenvalue weighted by atomic mass is 9.76. The SMILES string of the molecule is C=C(C1CCCC1)C1CCC(C)CC1. The lowest BCUT2D eigenvalue weighted by molar-refractivity contribution is 0.304. The average Bonchev–Trinajstić information content (AvgIpc) is 2.71. The van der Waals surface area contributed by atoms with E-state index in [1.807, 2.05) is 0 Å². The first kappa shape index (κ1) is 10.3. The Labute approximate surface area is 88.8 Å². The molecule has 0 spiro atoms. The van der Waals surface area contributed by atoms with E-state index in [9.17, 15) is 0 Å². The van der Waals surface area contributed by atoms with Gasteiger partial charge in [-0.3, -0.25) is 0 Å². The van der Waals surface area contributed by atoms with E-state index in [0.29, 0.717) is 0 Å². The molecule has 2 rings (SSSR count). The maximum absolute atomic E-state index is 4.39. The molecule has 2 aliphatic rings. The Kier molecular flexibility index (Phi) is 3.30. The summed E-state index contributed by atoms with van der Waals surface area (Å²) >= 11 is 0. The number of allylic oxidation sites excluding steroid dienone is 1. The molecule has 0 N–H and O–H groups in total. The summed E-state index contributed by atoms with van der Waals surface area (Å²) < 4.78 is 0. The largest absolute Gasteiger partial charge is 0.0993 e. The molecule has 0 atom stereocenters. The van der Waals surface area contributed by atoms with E-state index in [4.69, 9.17) is 0 Å². The molecule has 0 aliphatic heterocycles. The lowest BCUT2D eigenvalue weighted by Gasteiger charge is -2.30. The summed E-state index contributed by atoms with van der Waals surface area (Å²) in [5, 5.41) is 0. The molecule has 2 aliphatic carbocycles. The van der Waals surface area contributed by atoms with Crippen molar-refractivity contribution in [1.29, 1.82) is 0 Å². The fourth-order valence-corrected chi connectivity index (χ4v) is 3.26. The Morgan fingerprint density at radius 3 is 1.93 bits per heavy atom. The molecule has 0 aromatic heterocycles. The van der Waals surface area contributed by atoms with Crippen molar-refractivity contribution in [1.82, 2.24) is 0 Å². The average molecular weight is 192 g/mol. The van der Waals surface area contributed by atoms with Gasteiger partial charge in [-0.1, -0.05) is 44.8 Å². The van der Waals surface area contributed by atoms with Crippen LogP contribution in [-0.4, -0.2) is 0 Å². The van der Waals surface area contributed by atoms with E-state index in [-0.39, 0.29) is 0 Å². The van der Waals surface area contributed by atoms with Crippen LogP contribution < -0.4 is 0 Å². The second kappa shape index (κ2) is 4.51. The van der Waals surface area contributed by atoms with Gasteiger partial charge in [0.1, 0.15) is 0 Å². The third-order valence-corrected chi connectivity index (χ3v) is 4.42. The van der Waals surface area contributed by atoms with Crippen molar-refractivity contribution in [3.8, 4) is 0 Å². The van der Waals surface area contributed by atoms with E-state index in [1.54, 1.807) is 5.57 Å². The summed E-state index contributed by atoms with van der Waals surface area (Å²) in [7, 11) is 0. The predicted molar refractivity (Wildman–Crippen MR) is 62.2 cm³/mol. The topological polar surface area (TPSA) is 0 Å². The van der Waals surface area contributed by atoms with E-state index < -0.39 is 0 Å². The highest BCUT2D eigenvalue weighted by Gasteiger charge is 2.26. The Morgan fingerprint density at radius 2 is 1.36 bits per heavy atom. The van der Waals surface area contributed by atoms with Crippen LogP contribution in [0.15, 0.2) is 12.2 Å². The summed E-state index contributed by atoms with van der Waals surface area (Å²) in [5.41, 5.74) is 1.62. The summed E-state index contributed by atoms with van der Waals surface area (Å²) in [6, 6.07) is 0. The highest BCUT2D eigenvalue weighted by molar-refractivity contribution is 5.08. The zero-order valence-corrected chi connectivity index (χ0v) is 9.60. The minimum atomic E-state index is 0.884. The quantitative estimate of drug-likeness (QED) is 0.563. The molecular formula is C14H24. The van der Waals surface area contributed by atoms with Crippen molar-refractivity contribution in [3.05, 3.63) is 12.2 Å². The van der Waals surface area contributed by atoms with Crippen molar-refractivity contribution in [2.45, 2.75) is 58.3 Å². The maximum atomic E-state index is 4.39. The number of hydrogen-bond donors (Lipinski definition) is 0. The highest BCUT2D eigenvalue weighted by atomic mass is 14.3.